The molecule has 0 atom stereocenters. The highest BCUT2D eigenvalue weighted by Crippen LogP contribution is 2.33. The Hall–Kier alpha value is -2.69. The molecular formula is C16H16N2O3. The minimum Gasteiger partial charge on any atom is -0.496 e. The monoisotopic (exact) mass is 284 g/mol. The summed E-state index contributed by atoms with van der Waals surface area (Å²) < 4.78 is 10.8. The lowest BCUT2D eigenvalue weighted by molar-refractivity contribution is 0.0973. The van der Waals surface area contributed by atoms with Crippen molar-refractivity contribution in [1.82, 2.24) is 0 Å². The maximum absolute atomic E-state index is 12.8. The van der Waals surface area contributed by atoms with Crippen molar-refractivity contribution in [2.24, 2.45) is 0 Å². The molecule has 0 bridgehead atoms. The number of benzene rings is 2. The summed E-state index contributed by atoms with van der Waals surface area (Å²) in [5, 5.41) is 0. The van der Waals surface area contributed by atoms with Crippen LogP contribution in [0.3, 0.4) is 0 Å². The van der Waals surface area contributed by atoms with E-state index in [9.17, 15) is 4.79 Å². The molecule has 1 heterocycles. The fourth-order valence-electron chi connectivity index (χ4n) is 2.42. The molecule has 0 radical (unpaired) electrons. The number of rotatable bonds is 2. The van der Waals surface area contributed by atoms with Gasteiger partial charge in [-0.1, -0.05) is 12.1 Å². The summed E-state index contributed by atoms with van der Waals surface area (Å²) in [7, 11) is 1.54. The quantitative estimate of drug-likeness (QED) is 0.860. The number of amides is 1. The molecule has 0 fully saturated rings. The molecule has 2 aromatic rings. The van der Waals surface area contributed by atoms with Crippen LogP contribution in [0.25, 0.3) is 0 Å². The molecule has 108 valence electrons. The number of ether oxygens (including phenoxy) is 2. The first-order valence-corrected chi connectivity index (χ1v) is 6.68. The van der Waals surface area contributed by atoms with E-state index in [-0.39, 0.29) is 5.91 Å². The number of hydrogen-bond donors (Lipinski definition) is 1. The molecule has 0 aliphatic carbocycles. The van der Waals surface area contributed by atoms with Gasteiger partial charge in [0.05, 0.1) is 24.9 Å². The molecule has 0 saturated heterocycles. The van der Waals surface area contributed by atoms with E-state index in [2.05, 4.69) is 0 Å². The van der Waals surface area contributed by atoms with E-state index in [4.69, 9.17) is 15.2 Å². The van der Waals surface area contributed by atoms with E-state index in [0.29, 0.717) is 35.9 Å². The maximum atomic E-state index is 12.8. The lowest BCUT2D eigenvalue weighted by Crippen LogP contribution is -2.38. The summed E-state index contributed by atoms with van der Waals surface area (Å²) in [4.78, 5) is 14.5. The number of carbonyl (C=O) groups is 1. The Morgan fingerprint density at radius 2 is 2.10 bits per heavy atom. The number of nitrogens with two attached hydrogens (primary N) is 1. The summed E-state index contributed by atoms with van der Waals surface area (Å²) in [6, 6.07) is 12.5. The van der Waals surface area contributed by atoms with Crippen LogP contribution in [0.1, 0.15) is 10.4 Å². The second kappa shape index (κ2) is 5.36. The van der Waals surface area contributed by atoms with Gasteiger partial charge >= 0.3 is 0 Å². The summed E-state index contributed by atoms with van der Waals surface area (Å²) in [6.07, 6.45) is 0. The lowest BCUT2D eigenvalue weighted by Gasteiger charge is -2.29. The highest BCUT2D eigenvalue weighted by Gasteiger charge is 2.26. The third-order valence-electron chi connectivity index (χ3n) is 3.43. The molecule has 5 heteroatoms. The fraction of sp³-hybridized carbons (Fsp3) is 0.188. The summed E-state index contributed by atoms with van der Waals surface area (Å²) in [5.74, 6) is 1.08. The molecule has 1 aliphatic rings. The van der Waals surface area contributed by atoms with Gasteiger partial charge in [0.25, 0.3) is 5.91 Å². The van der Waals surface area contributed by atoms with Gasteiger partial charge in [-0.3, -0.25) is 4.79 Å². The van der Waals surface area contributed by atoms with Gasteiger partial charge in [-0.25, -0.2) is 0 Å². The Labute approximate surface area is 122 Å². The third kappa shape index (κ3) is 2.38. The molecule has 0 saturated carbocycles. The van der Waals surface area contributed by atoms with Crippen LogP contribution in [0, 0.1) is 0 Å². The predicted octanol–water partition coefficient (Wildman–Crippen LogP) is 2.32. The Morgan fingerprint density at radius 3 is 2.90 bits per heavy atom. The minimum absolute atomic E-state index is 0.144. The van der Waals surface area contributed by atoms with Crippen LogP contribution in [0.5, 0.6) is 11.5 Å². The number of para-hydroxylation sites is 2. The van der Waals surface area contributed by atoms with Crippen molar-refractivity contribution >= 4 is 17.3 Å². The SMILES string of the molecule is COc1ccc(N)cc1C(=O)N1CCOc2ccccc21. The van der Waals surface area contributed by atoms with Crippen LogP contribution in [-0.4, -0.2) is 26.2 Å². The van der Waals surface area contributed by atoms with E-state index in [1.54, 1.807) is 23.1 Å². The fourth-order valence-corrected chi connectivity index (χ4v) is 2.42. The van der Waals surface area contributed by atoms with Crippen molar-refractivity contribution < 1.29 is 14.3 Å². The van der Waals surface area contributed by atoms with Crippen molar-refractivity contribution in [3.05, 3.63) is 48.0 Å². The van der Waals surface area contributed by atoms with Crippen LogP contribution >= 0.6 is 0 Å². The molecule has 2 N–H and O–H groups in total. The number of nitrogen functional groups attached to an aromatic ring is 1. The number of methoxy groups -OCH3 is 1. The Balaban J connectivity index is 2.02. The van der Waals surface area contributed by atoms with Gasteiger partial charge in [0.1, 0.15) is 18.1 Å². The van der Waals surface area contributed by atoms with Crippen molar-refractivity contribution in [3.8, 4) is 11.5 Å². The number of hydrogen-bond acceptors (Lipinski definition) is 4. The van der Waals surface area contributed by atoms with Gasteiger partial charge in [0.15, 0.2) is 0 Å². The van der Waals surface area contributed by atoms with Crippen molar-refractivity contribution in [1.29, 1.82) is 0 Å². The number of anilines is 2. The Bertz CT molecular complexity index is 685. The first-order valence-electron chi connectivity index (χ1n) is 6.68. The molecular weight excluding hydrogens is 268 g/mol. The lowest BCUT2D eigenvalue weighted by atomic mass is 10.1. The molecule has 21 heavy (non-hydrogen) atoms. The maximum Gasteiger partial charge on any atom is 0.262 e. The minimum atomic E-state index is -0.144. The van der Waals surface area contributed by atoms with Crippen LogP contribution in [0.4, 0.5) is 11.4 Å². The molecule has 3 rings (SSSR count). The zero-order chi connectivity index (χ0) is 14.8. The van der Waals surface area contributed by atoms with Crippen LogP contribution in [0.2, 0.25) is 0 Å². The van der Waals surface area contributed by atoms with Crippen molar-refractivity contribution in [2.75, 3.05) is 30.9 Å². The van der Waals surface area contributed by atoms with Gasteiger partial charge in [0.2, 0.25) is 0 Å². The molecule has 2 aromatic carbocycles. The molecule has 0 unspecified atom stereocenters. The smallest absolute Gasteiger partial charge is 0.262 e. The van der Waals surface area contributed by atoms with Gasteiger partial charge in [0, 0.05) is 5.69 Å². The van der Waals surface area contributed by atoms with E-state index < -0.39 is 0 Å². The topological polar surface area (TPSA) is 64.8 Å². The zero-order valence-electron chi connectivity index (χ0n) is 11.7. The second-order valence-electron chi connectivity index (χ2n) is 4.73. The molecule has 1 aliphatic heterocycles. The molecule has 0 aromatic heterocycles. The predicted molar refractivity (Wildman–Crippen MR) is 81.0 cm³/mol. The van der Waals surface area contributed by atoms with E-state index in [1.165, 1.54) is 7.11 Å². The molecule has 0 spiro atoms. The van der Waals surface area contributed by atoms with Crippen molar-refractivity contribution in [3.63, 3.8) is 0 Å². The Kier molecular flexibility index (Phi) is 3.39. The summed E-state index contributed by atoms with van der Waals surface area (Å²) >= 11 is 0. The standard InChI is InChI=1S/C16H16N2O3/c1-20-14-7-6-11(17)10-12(14)16(19)18-8-9-21-15-5-3-2-4-13(15)18/h2-7,10H,8-9,17H2,1H3. The highest BCUT2D eigenvalue weighted by molar-refractivity contribution is 6.09. The zero-order valence-corrected chi connectivity index (χ0v) is 11.7. The highest BCUT2D eigenvalue weighted by atomic mass is 16.5. The van der Waals surface area contributed by atoms with Gasteiger partial charge in [-0.2, -0.15) is 0 Å². The van der Waals surface area contributed by atoms with E-state index >= 15 is 0 Å². The first-order chi connectivity index (χ1) is 10.2. The molecule has 1 amide bonds. The average Bonchev–Trinajstić information content (AvgIpc) is 2.53. The van der Waals surface area contributed by atoms with Crippen LogP contribution < -0.4 is 20.1 Å². The largest absolute Gasteiger partial charge is 0.496 e. The van der Waals surface area contributed by atoms with E-state index in [0.717, 1.165) is 5.69 Å². The average molecular weight is 284 g/mol. The first kappa shape index (κ1) is 13.3. The van der Waals surface area contributed by atoms with Gasteiger partial charge < -0.3 is 20.1 Å². The van der Waals surface area contributed by atoms with Crippen LogP contribution in [0.15, 0.2) is 42.5 Å². The summed E-state index contributed by atoms with van der Waals surface area (Å²) in [6.45, 7) is 0.960. The Morgan fingerprint density at radius 1 is 1.29 bits per heavy atom. The number of nitrogens with zero attached hydrogens (tertiary/aromatic N) is 1. The second-order valence-corrected chi connectivity index (χ2v) is 4.73. The normalized spacial score (nSPS) is 13.3. The van der Waals surface area contributed by atoms with Gasteiger partial charge in [-0.15, -0.1) is 0 Å². The third-order valence-corrected chi connectivity index (χ3v) is 3.43. The van der Waals surface area contributed by atoms with Crippen molar-refractivity contribution in [2.45, 2.75) is 0 Å². The van der Waals surface area contributed by atoms with E-state index in [1.807, 2.05) is 24.3 Å². The van der Waals surface area contributed by atoms with Gasteiger partial charge in [-0.05, 0) is 30.3 Å². The number of carbonyl (C=O) groups excluding carboxylic acids is 1. The molecule has 5 nitrogen and oxygen atoms in total. The van der Waals surface area contributed by atoms with Crippen LogP contribution in [-0.2, 0) is 0 Å². The summed E-state index contributed by atoms with van der Waals surface area (Å²) in [5.41, 5.74) is 7.54. The number of fused-ring (bicyclic) bond motifs is 1.